The highest BCUT2D eigenvalue weighted by atomic mass is 79.9. The summed E-state index contributed by atoms with van der Waals surface area (Å²) < 4.78 is 6.30. The second-order valence-electron chi connectivity index (χ2n) is 20.3. The minimum absolute atomic E-state index is 0.00383. The first-order valence-corrected chi connectivity index (χ1v) is 27.0. The molecule has 12 aromatic rings. The molecular weight excluding hydrogens is 980 g/mol. The molecule has 0 saturated heterocycles. The summed E-state index contributed by atoms with van der Waals surface area (Å²) in [6.07, 6.45) is 0. The third-order valence-electron chi connectivity index (χ3n) is 15.5. The quantitative estimate of drug-likeness (QED) is 0.169. The van der Waals surface area contributed by atoms with Gasteiger partial charge >= 0.3 is 7.12 Å². The largest absolute Gasteiger partial charge is 0.488 e. The predicted molar refractivity (Wildman–Crippen MR) is 313 cm³/mol. The van der Waals surface area contributed by atoms with E-state index in [0.29, 0.717) is 5.46 Å². The van der Waals surface area contributed by atoms with Crippen molar-refractivity contribution < 1.29 is 10.0 Å². The molecule has 2 aromatic heterocycles. The molecule has 72 heavy (non-hydrogen) atoms. The molecule has 0 spiro atoms. The normalized spacial score (nSPS) is 13.7. The number of fused-ring (bicyclic) bond motifs is 12. The lowest BCUT2D eigenvalue weighted by Gasteiger charge is -2.22. The van der Waals surface area contributed by atoms with Crippen molar-refractivity contribution in [2.45, 2.75) is 38.5 Å². The van der Waals surface area contributed by atoms with Crippen LogP contribution < -0.4 is 5.46 Å². The highest BCUT2D eigenvalue weighted by molar-refractivity contribution is 9.10. The number of halogens is 1. The Labute approximate surface area is 436 Å². The zero-order valence-electron chi connectivity index (χ0n) is 40.3. The zero-order chi connectivity index (χ0) is 49.0. The Hall–Kier alpha value is -6.90. The van der Waals surface area contributed by atoms with Gasteiger partial charge in [0.15, 0.2) is 0 Å². The van der Waals surface area contributed by atoms with Gasteiger partial charge in [-0.25, -0.2) is 0 Å². The minimum Gasteiger partial charge on any atom is -0.423 e. The SMILES string of the molecule is CC1(C)c2ccccc2-c2ccc(-c3cccc4c3sc3c(-c5cccc(B(O)O)c5)cccc34)cc21.CC1(C)c2ccccc2-c2ccc(-c3cccc4c3sc3c(-c5cccc(Br)c5)cccc34)cc21. The monoisotopic (exact) mass is 1030 g/mol. The number of thiophene rings is 2. The van der Waals surface area contributed by atoms with Crippen molar-refractivity contribution in [1.29, 1.82) is 0 Å². The third-order valence-corrected chi connectivity index (χ3v) is 18.5. The Balaban J connectivity index is 0.000000140. The number of hydrogen-bond acceptors (Lipinski definition) is 4. The van der Waals surface area contributed by atoms with E-state index in [-0.39, 0.29) is 10.8 Å². The van der Waals surface area contributed by atoms with Crippen molar-refractivity contribution in [2.75, 3.05) is 0 Å². The molecule has 2 aliphatic carbocycles. The lowest BCUT2D eigenvalue weighted by atomic mass is 9.79. The van der Waals surface area contributed by atoms with Crippen molar-refractivity contribution in [1.82, 2.24) is 0 Å². The van der Waals surface area contributed by atoms with Gasteiger partial charge in [-0.1, -0.05) is 226 Å². The molecule has 0 radical (unpaired) electrons. The van der Waals surface area contributed by atoms with Crippen LogP contribution in [0.15, 0.2) is 211 Å². The molecule has 6 heteroatoms. The summed E-state index contributed by atoms with van der Waals surface area (Å²) in [5.41, 5.74) is 21.2. The fourth-order valence-electron chi connectivity index (χ4n) is 11.8. The highest BCUT2D eigenvalue weighted by Crippen LogP contribution is 2.53. The van der Waals surface area contributed by atoms with Crippen molar-refractivity contribution >= 4 is 91.5 Å². The minimum atomic E-state index is -1.48. The summed E-state index contributed by atoms with van der Waals surface area (Å²) in [6.45, 7) is 9.35. The van der Waals surface area contributed by atoms with Gasteiger partial charge in [0.25, 0.3) is 0 Å². The van der Waals surface area contributed by atoms with Gasteiger partial charge in [-0.15, -0.1) is 22.7 Å². The van der Waals surface area contributed by atoms with Crippen LogP contribution >= 0.6 is 38.6 Å². The van der Waals surface area contributed by atoms with E-state index in [1.54, 1.807) is 6.07 Å². The summed E-state index contributed by atoms with van der Waals surface area (Å²) >= 11 is 7.38. The van der Waals surface area contributed by atoms with Crippen molar-refractivity contribution in [2.24, 2.45) is 0 Å². The van der Waals surface area contributed by atoms with E-state index in [0.717, 1.165) is 15.6 Å². The third kappa shape index (κ3) is 7.10. The molecule has 0 atom stereocenters. The number of hydrogen-bond donors (Lipinski definition) is 2. The van der Waals surface area contributed by atoms with Crippen molar-refractivity contribution in [3.63, 3.8) is 0 Å². The van der Waals surface area contributed by atoms with Gasteiger partial charge in [0, 0.05) is 55.6 Å². The molecule has 2 aliphatic rings. The molecular formula is C66H48BBrO2S2. The topological polar surface area (TPSA) is 40.5 Å². The molecule has 0 unspecified atom stereocenters. The molecule has 0 bridgehead atoms. The maximum absolute atomic E-state index is 9.70. The van der Waals surface area contributed by atoms with E-state index in [1.807, 2.05) is 40.9 Å². The molecule has 0 aliphatic heterocycles. The molecule has 10 aromatic carbocycles. The van der Waals surface area contributed by atoms with Crippen LogP contribution in [0, 0.1) is 0 Å². The molecule has 346 valence electrons. The van der Waals surface area contributed by atoms with E-state index in [9.17, 15) is 10.0 Å². The molecule has 2 N–H and O–H groups in total. The summed E-state index contributed by atoms with van der Waals surface area (Å²) in [5, 5.41) is 24.6. The average molecular weight is 1030 g/mol. The van der Waals surface area contributed by atoms with Crippen LogP contribution in [-0.4, -0.2) is 17.2 Å². The van der Waals surface area contributed by atoms with E-state index < -0.39 is 7.12 Å². The van der Waals surface area contributed by atoms with Crippen LogP contribution in [0.1, 0.15) is 49.9 Å². The Morgan fingerprint density at radius 1 is 0.333 bits per heavy atom. The van der Waals surface area contributed by atoms with Crippen LogP contribution in [0.5, 0.6) is 0 Å². The summed E-state index contributed by atoms with van der Waals surface area (Å²) in [7, 11) is -1.48. The van der Waals surface area contributed by atoms with E-state index in [4.69, 9.17) is 0 Å². The fraction of sp³-hybridized carbons (Fsp3) is 0.0909. The molecule has 0 saturated carbocycles. The smallest absolute Gasteiger partial charge is 0.423 e. The van der Waals surface area contributed by atoms with Crippen molar-refractivity contribution in [3.05, 3.63) is 233 Å². The number of benzene rings is 10. The first kappa shape index (κ1) is 45.0. The summed E-state index contributed by atoms with van der Waals surface area (Å²) in [6, 6.07) is 74.2. The first-order chi connectivity index (χ1) is 35.0. The van der Waals surface area contributed by atoms with E-state index in [2.05, 4.69) is 226 Å². The fourth-order valence-corrected chi connectivity index (χ4v) is 15.0. The van der Waals surface area contributed by atoms with Crippen LogP contribution in [0.3, 0.4) is 0 Å². The van der Waals surface area contributed by atoms with Gasteiger partial charge in [0.2, 0.25) is 0 Å². The Kier molecular flexibility index (Phi) is 10.7. The molecule has 2 heterocycles. The van der Waals surface area contributed by atoms with Gasteiger partial charge in [0.05, 0.1) is 0 Å². The average Bonchev–Trinajstić information content (AvgIpc) is 4.11. The molecule has 2 nitrogen and oxygen atoms in total. The summed E-state index contributed by atoms with van der Waals surface area (Å²) in [4.78, 5) is 0. The highest BCUT2D eigenvalue weighted by Gasteiger charge is 2.37. The Morgan fingerprint density at radius 2 is 0.681 bits per heavy atom. The van der Waals surface area contributed by atoms with Crippen molar-refractivity contribution in [3.8, 4) is 66.8 Å². The van der Waals surface area contributed by atoms with E-state index in [1.165, 1.54) is 118 Å². The predicted octanol–water partition coefficient (Wildman–Crippen LogP) is 17.8. The summed E-state index contributed by atoms with van der Waals surface area (Å²) in [5.74, 6) is 0. The van der Waals surface area contributed by atoms with Gasteiger partial charge in [-0.3, -0.25) is 0 Å². The molecule has 14 rings (SSSR count). The van der Waals surface area contributed by atoms with Gasteiger partial charge in [-0.05, 0) is 119 Å². The molecule has 0 fully saturated rings. The Morgan fingerprint density at radius 3 is 1.10 bits per heavy atom. The lowest BCUT2D eigenvalue weighted by Crippen LogP contribution is -2.29. The lowest BCUT2D eigenvalue weighted by molar-refractivity contribution is 0.426. The maximum Gasteiger partial charge on any atom is 0.488 e. The van der Waals surface area contributed by atoms with E-state index >= 15 is 0 Å². The number of rotatable bonds is 5. The van der Waals surface area contributed by atoms with Gasteiger partial charge in [0.1, 0.15) is 0 Å². The van der Waals surface area contributed by atoms with Crippen LogP contribution in [0.2, 0.25) is 0 Å². The van der Waals surface area contributed by atoms with Gasteiger partial charge < -0.3 is 10.0 Å². The van der Waals surface area contributed by atoms with Crippen LogP contribution in [0.25, 0.3) is 107 Å². The maximum atomic E-state index is 9.70. The first-order valence-electron chi connectivity index (χ1n) is 24.6. The van der Waals surface area contributed by atoms with Crippen LogP contribution in [-0.2, 0) is 10.8 Å². The zero-order valence-corrected chi connectivity index (χ0v) is 43.5. The Bertz CT molecular complexity index is 4180. The second kappa shape index (κ2) is 17.1. The second-order valence-corrected chi connectivity index (χ2v) is 23.3. The standard InChI is InChI=1S/C33H25BO2S.C33H23BrS/c1-33(2)29-15-4-3-10-25(29)26-17-16-21(19-30(26)33)24-12-7-14-28-27-13-6-11-23(31(27)37-32(24)28)20-8-5-9-22(18-20)34(35)36;1-33(2)29-15-4-3-10-25(29)26-17-16-21(19-30(26)33)24-12-7-14-28-27-13-6-11-23(31(27)35-32(24)28)20-8-5-9-22(34)18-20/h3-19,35-36H,1-2H3;3-19H,1-2H3. The van der Waals surface area contributed by atoms with Crippen LogP contribution in [0.4, 0.5) is 0 Å². The van der Waals surface area contributed by atoms with Gasteiger partial charge in [-0.2, -0.15) is 0 Å². The molecule has 0 amide bonds.